The van der Waals surface area contributed by atoms with Crippen molar-refractivity contribution in [2.24, 2.45) is 0 Å². The van der Waals surface area contributed by atoms with E-state index in [0.717, 1.165) is 17.5 Å². The smallest absolute Gasteiger partial charge is 0.319 e. The molecule has 3 rings (SSSR count). The molecule has 0 aliphatic heterocycles. The van der Waals surface area contributed by atoms with E-state index in [0.29, 0.717) is 29.5 Å². The largest absolute Gasteiger partial charge is 0.495 e. The van der Waals surface area contributed by atoms with Crippen LogP contribution < -0.4 is 20.7 Å². The van der Waals surface area contributed by atoms with Gasteiger partial charge in [-0.05, 0) is 37.1 Å². The van der Waals surface area contributed by atoms with Crippen LogP contribution in [0.15, 0.2) is 55.1 Å². The van der Waals surface area contributed by atoms with Crippen LogP contribution in [0.3, 0.4) is 0 Å². The highest BCUT2D eigenvalue weighted by molar-refractivity contribution is 5.91. The third-order valence-corrected chi connectivity index (χ3v) is 4.53. The van der Waals surface area contributed by atoms with E-state index in [9.17, 15) is 4.79 Å². The Labute approximate surface area is 183 Å². The van der Waals surface area contributed by atoms with Gasteiger partial charge in [0.15, 0.2) is 0 Å². The summed E-state index contributed by atoms with van der Waals surface area (Å²) in [4.78, 5) is 25.0. The highest BCUT2D eigenvalue weighted by Gasteiger charge is 2.13. The number of nitrogens with zero attached hydrogens (tertiary/aromatic N) is 3. The highest BCUT2D eigenvalue weighted by atomic mass is 16.5. The van der Waals surface area contributed by atoms with Crippen LogP contribution in [0.2, 0.25) is 0 Å². The summed E-state index contributed by atoms with van der Waals surface area (Å²) in [6, 6.07) is 9.25. The molecule has 3 aromatic rings. The molecule has 2 amide bonds. The van der Waals surface area contributed by atoms with Gasteiger partial charge in [-0.3, -0.25) is 9.97 Å². The lowest BCUT2D eigenvalue weighted by atomic mass is 10.1. The molecule has 2 heterocycles. The normalized spacial score (nSPS) is 11.1. The summed E-state index contributed by atoms with van der Waals surface area (Å²) in [7, 11) is 1.56. The molecule has 0 saturated heterocycles. The number of benzene rings is 1. The predicted octanol–water partition coefficient (Wildman–Crippen LogP) is 4.89. The van der Waals surface area contributed by atoms with Crippen LogP contribution in [0.4, 0.5) is 16.3 Å². The van der Waals surface area contributed by atoms with E-state index in [1.54, 1.807) is 31.8 Å². The summed E-state index contributed by atoms with van der Waals surface area (Å²) in [5.41, 5.74) is 3.20. The Kier molecular flexibility index (Phi) is 8.75. The SMILES string of the molecule is C.CCNC(=O)Nc1ccc(-c2cncc(N[C@@H](CC)c3cccnc3)n2)cc1OC. The molecule has 31 heavy (non-hydrogen) atoms. The highest BCUT2D eigenvalue weighted by Crippen LogP contribution is 2.30. The number of urea groups is 1. The first-order valence-corrected chi connectivity index (χ1v) is 9.86. The van der Waals surface area contributed by atoms with Gasteiger partial charge in [0, 0.05) is 24.5 Å². The summed E-state index contributed by atoms with van der Waals surface area (Å²) in [5.74, 6) is 1.22. The second kappa shape index (κ2) is 11.5. The van der Waals surface area contributed by atoms with E-state index in [2.05, 4.69) is 32.8 Å². The topological polar surface area (TPSA) is 101 Å². The number of nitrogens with one attached hydrogen (secondary N) is 3. The van der Waals surface area contributed by atoms with Crippen LogP contribution in [0.5, 0.6) is 5.75 Å². The number of amides is 2. The maximum Gasteiger partial charge on any atom is 0.319 e. The van der Waals surface area contributed by atoms with Crippen molar-refractivity contribution in [2.75, 3.05) is 24.3 Å². The third-order valence-electron chi connectivity index (χ3n) is 4.53. The molecule has 2 aromatic heterocycles. The average Bonchev–Trinajstić information content (AvgIpc) is 2.78. The van der Waals surface area contributed by atoms with Crippen molar-refractivity contribution < 1.29 is 9.53 Å². The zero-order chi connectivity index (χ0) is 21.3. The zero-order valence-corrected chi connectivity index (χ0v) is 17.3. The fourth-order valence-corrected chi connectivity index (χ4v) is 3.04. The van der Waals surface area contributed by atoms with Crippen molar-refractivity contribution in [2.45, 2.75) is 33.7 Å². The molecule has 0 aliphatic rings. The number of hydrogen-bond acceptors (Lipinski definition) is 6. The maximum atomic E-state index is 11.8. The van der Waals surface area contributed by atoms with Gasteiger partial charge in [-0.2, -0.15) is 0 Å². The molecule has 8 nitrogen and oxygen atoms in total. The van der Waals surface area contributed by atoms with Gasteiger partial charge in [0.05, 0.1) is 36.9 Å². The first-order chi connectivity index (χ1) is 14.6. The monoisotopic (exact) mass is 422 g/mol. The molecular weight excluding hydrogens is 392 g/mol. The van der Waals surface area contributed by atoms with Crippen LogP contribution >= 0.6 is 0 Å². The maximum absolute atomic E-state index is 11.8. The first-order valence-electron chi connectivity index (χ1n) is 9.86. The van der Waals surface area contributed by atoms with Gasteiger partial charge in [-0.25, -0.2) is 9.78 Å². The van der Waals surface area contributed by atoms with Crippen LogP contribution in [0, 0.1) is 0 Å². The van der Waals surface area contributed by atoms with Crippen molar-refractivity contribution >= 4 is 17.5 Å². The number of hydrogen-bond donors (Lipinski definition) is 3. The number of aromatic nitrogens is 3. The molecular formula is C23H30N6O2. The van der Waals surface area contributed by atoms with E-state index in [-0.39, 0.29) is 19.5 Å². The number of pyridine rings is 1. The minimum atomic E-state index is -0.282. The lowest BCUT2D eigenvalue weighted by Crippen LogP contribution is -2.28. The molecule has 1 atom stereocenters. The molecule has 1 aromatic carbocycles. The minimum absolute atomic E-state index is 0. The number of carbonyl (C=O) groups is 1. The zero-order valence-electron chi connectivity index (χ0n) is 17.3. The van der Waals surface area contributed by atoms with Gasteiger partial charge in [-0.1, -0.05) is 26.5 Å². The van der Waals surface area contributed by atoms with E-state index in [1.165, 1.54) is 0 Å². The Balaban J connectivity index is 0.00000341. The summed E-state index contributed by atoms with van der Waals surface area (Å²) in [6.45, 7) is 4.50. The minimum Gasteiger partial charge on any atom is -0.495 e. The van der Waals surface area contributed by atoms with E-state index in [1.807, 2.05) is 37.4 Å². The van der Waals surface area contributed by atoms with Crippen LogP contribution in [0.25, 0.3) is 11.3 Å². The fourth-order valence-electron chi connectivity index (χ4n) is 3.04. The van der Waals surface area contributed by atoms with Gasteiger partial charge in [0.1, 0.15) is 11.6 Å². The van der Waals surface area contributed by atoms with Crippen molar-refractivity contribution in [3.05, 3.63) is 60.7 Å². The van der Waals surface area contributed by atoms with Gasteiger partial charge in [0.2, 0.25) is 0 Å². The number of rotatable bonds is 8. The Morgan fingerprint density at radius 2 is 1.97 bits per heavy atom. The average molecular weight is 423 g/mol. The summed E-state index contributed by atoms with van der Waals surface area (Å²) in [6.07, 6.45) is 7.89. The molecule has 0 spiro atoms. The van der Waals surface area contributed by atoms with E-state index >= 15 is 0 Å². The van der Waals surface area contributed by atoms with Gasteiger partial charge < -0.3 is 20.7 Å². The quantitative estimate of drug-likeness (QED) is 0.478. The number of anilines is 2. The van der Waals surface area contributed by atoms with E-state index in [4.69, 9.17) is 9.72 Å². The van der Waals surface area contributed by atoms with Crippen LogP contribution in [0.1, 0.15) is 39.3 Å². The summed E-state index contributed by atoms with van der Waals surface area (Å²) < 4.78 is 5.44. The number of ether oxygens (including phenoxy) is 1. The van der Waals surface area contributed by atoms with Crippen molar-refractivity contribution in [1.82, 2.24) is 20.3 Å². The van der Waals surface area contributed by atoms with Gasteiger partial charge in [0.25, 0.3) is 0 Å². The number of methoxy groups -OCH3 is 1. The molecule has 164 valence electrons. The van der Waals surface area contributed by atoms with Gasteiger partial charge >= 0.3 is 6.03 Å². The molecule has 8 heteroatoms. The summed E-state index contributed by atoms with van der Waals surface area (Å²) >= 11 is 0. The second-order valence-corrected chi connectivity index (χ2v) is 6.58. The Morgan fingerprint density at radius 1 is 1.13 bits per heavy atom. The second-order valence-electron chi connectivity index (χ2n) is 6.58. The molecule has 0 aliphatic carbocycles. The molecule has 3 N–H and O–H groups in total. The number of carbonyl (C=O) groups excluding carboxylic acids is 1. The molecule has 0 bridgehead atoms. The van der Waals surface area contributed by atoms with Crippen LogP contribution in [-0.4, -0.2) is 34.6 Å². The van der Waals surface area contributed by atoms with Crippen molar-refractivity contribution in [3.8, 4) is 17.0 Å². The molecule has 0 unspecified atom stereocenters. The Morgan fingerprint density at radius 3 is 2.65 bits per heavy atom. The van der Waals surface area contributed by atoms with Gasteiger partial charge in [-0.15, -0.1) is 0 Å². The first kappa shape index (κ1) is 23.6. The lowest BCUT2D eigenvalue weighted by molar-refractivity contribution is 0.252. The standard InChI is InChI=1S/C22H26N6O2.CH4/c1-4-17(16-7-6-10-23-12-16)26-21-14-24-13-19(27-21)15-8-9-18(20(11-15)30-3)28-22(29)25-5-2;/h6-14,17H,4-5H2,1-3H3,(H,26,27)(H2,25,28,29);1H4/t17-;/m0./s1. The third kappa shape index (κ3) is 6.15. The Bertz CT molecular complexity index is 981. The molecule has 0 radical (unpaired) electrons. The predicted molar refractivity (Wildman–Crippen MR) is 124 cm³/mol. The van der Waals surface area contributed by atoms with Crippen molar-refractivity contribution in [3.63, 3.8) is 0 Å². The van der Waals surface area contributed by atoms with Crippen molar-refractivity contribution in [1.29, 1.82) is 0 Å². The molecule has 0 saturated carbocycles. The molecule has 0 fully saturated rings. The Hall–Kier alpha value is -3.68. The fraction of sp³-hybridized carbons (Fsp3) is 0.304. The van der Waals surface area contributed by atoms with Crippen LogP contribution in [-0.2, 0) is 0 Å². The summed E-state index contributed by atoms with van der Waals surface area (Å²) in [5, 5.41) is 8.90. The van der Waals surface area contributed by atoms with E-state index < -0.39 is 0 Å². The lowest BCUT2D eigenvalue weighted by Gasteiger charge is -2.18.